The van der Waals surface area contributed by atoms with E-state index in [1.54, 1.807) is 6.92 Å². The lowest BCUT2D eigenvalue weighted by atomic mass is 10.0. The molecule has 0 aromatic rings. The lowest BCUT2D eigenvalue weighted by Gasteiger charge is -2.13. The van der Waals surface area contributed by atoms with E-state index >= 15 is 0 Å². The smallest absolute Gasteiger partial charge is 0.219 e. The Morgan fingerprint density at radius 2 is 2.31 bits per heavy atom. The summed E-state index contributed by atoms with van der Waals surface area (Å²) in [6.07, 6.45) is 2.52. The van der Waals surface area contributed by atoms with Crippen molar-refractivity contribution in [1.29, 1.82) is 0 Å². The third-order valence-corrected chi connectivity index (χ3v) is 3.49. The molecular weight excluding hydrogens is 164 g/mol. The van der Waals surface area contributed by atoms with Crippen molar-refractivity contribution in [1.82, 2.24) is 10.2 Å². The zero-order valence-corrected chi connectivity index (χ0v) is 8.42. The number of carbonyl (C=O) groups is 1. The van der Waals surface area contributed by atoms with Gasteiger partial charge in [0.05, 0.1) is 0 Å². The van der Waals surface area contributed by atoms with Crippen LogP contribution in [0.15, 0.2) is 0 Å². The van der Waals surface area contributed by atoms with Gasteiger partial charge in [0.15, 0.2) is 0 Å². The minimum Gasteiger partial charge on any atom is -0.343 e. The van der Waals surface area contributed by atoms with Gasteiger partial charge in [-0.3, -0.25) is 4.79 Å². The standard InChI is InChI=1S/C10H18N2O/c1-7(13)12-4-3-8(6-12)9-5-10(9)11-2/h8-11H,3-6H2,1-2H3. The molecule has 0 aromatic heterocycles. The molecule has 3 unspecified atom stereocenters. The molecule has 2 aliphatic rings. The molecule has 1 saturated carbocycles. The van der Waals surface area contributed by atoms with Gasteiger partial charge in [-0.15, -0.1) is 0 Å². The van der Waals surface area contributed by atoms with Gasteiger partial charge in [-0.05, 0) is 31.7 Å². The molecule has 3 atom stereocenters. The Hall–Kier alpha value is -0.570. The van der Waals surface area contributed by atoms with Crippen LogP contribution in [0.25, 0.3) is 0 Å². The molecule has 13 heavy (non-hydrogen) atoms. The Kier molecular flexibility index (Phi) is 2.28. The summed E-state index contributed by atoms with van der Waals surface area (Å²) in [5.74, 6) is 1.85. The topological polar surface area (TPSA) is 32.3 Å². The van der Waals surface area contributed by atoms with Crippen molar-refractivity contribution in [2.45, 2.75) is 25.8 Å². The first-order valence-corrected chi connectivity index (χ1v) is 5.15. The van der Waals surface area contributed by atoms with Crippen molar-refractivity contribution < 1.29 is 4.79 Å². The van der Waals surface area contributed by atoms with Crippen LogP contribution in [0.4, 0.5) is 0 Å². The van der Waals surface area contributed by atoms with Gasteiger partial charge in [-0.2, -0.15) is 0 Å². The SMILES string of the molecule is CNC1CC1C1CCN(C(C)=O)C1. The largest absolute Gasteiger partial charge is 0.343 e. The fourth-order valence-corrected chi connectivity index (χ4v) is 2.49. The van der Waals surface area contributed by atoms with Crippen LogP contribution in [0.2, 0.25) is 0 Å². The predicted octanol–water partition coefficient (Wildman–Crippen LogP) is 0.463. The molecule has 0 bridgehead atoms. The maximum atomic E-state index is 11.1. The summed E-state index contributed by atoms with van der Waals surface area (Å²) in [5, 5.41) is 3.31. The van der Waals surface area contributed by atoms with Crippen LogP contribution in [0.3, 0.4) is 0 Å². The van der Waals surface area contributed by atoms with E-state index in [2.05, 4.69) is 5.32 Å². The number of amides is 1. The molecule has 1 aliphatic heterocycles. The van der Waals surface area contributed by atoms with Crippen LogP contribution < -0.4 is 5.32 Å². The Bertz CT molecular complexity index is 217. The van der Waals surface area contributed by atoms with Crippen LogP contribution in [-0.4, -0.2) is 37.0 Å². The van der Waals surface area contributed by atoms with Gasteiger partial charge in [0, 0.05) is 26.1 Å². The third-order valence-electron chi connectivity index (χ3n) is 3.49. The molecule has 0 radical (unpaired) electrons. The molecule has 1 saturated heterocycles. The molecule has 2 fully saturated rings. The van der Waals surface area contributed by atoms with Crippen molar-refractivity contribution in [3.63, 3.8) is 0 Å². The maximum Gasteiger partial charge on any atom is 0.219 e. The zero-order valence-electron chi connectivity index (χ0n) is 8.42. The van der Waals surface area contributed by atoms with Crippen LogP contribution >= 0.6 is 0 Å². The molecule has 3 nitrogen and oxygen atoms in total. The van der Waals surface area contributed by atoms with E-state index < -0.39 is 0 Å². The normalized spacial score (nSPS) is 38.0. The minimum atomic E-state index is 0.240. The molecule has 0 aromatic carbocycles. The van der Waals surface area contributed by atoms with Crippen molar-refractivity contribution in [3.05, 3.63) is 0 Å². The number of nitrogens with one attached hydrogen (secondary N) is 1. The highest BCUT2D eigenvalue weighted by atomic mass is 16.2. The summed E-state index contributed by atoms with van der Waals surface area (Å²) in [4.78, 5) is 13.1. The molecule has 1 N–H and O–H groups in total. The fraction of sp³-hybridized carbons (Fsp3) is 0.900. The van der Waals surface area contributed by atoms with Gasteiger partial charge in [0.25, 0.3) is 0 Å². The van der Waals surface area contributed by atoms with Gasteiger partial charge < -0.3 is 10.2 Å². The molecule has 3 heteroatoms. The Labute approximate surface area is 79.5 Å². The van der Waals surface area contributed by atoms with Gasteiger partial charge in [-0.25, -0.2) is 0 Å². The summed E-state index contributed by atoms with van der Waals surface area (Å²) in [7, 11) is 2.03. The van der Waals surface area contributed by atoms with E-state index in [0.29, 0.717) is 0 Å². The van der Waals surface area contributed by atoms with E-state index in [1.165, 1.54) is 12.8 Å². The zero-order chi connectivity index (χ0) is 9.42. The summed E-state index contributed by atoms with van der Waals surface area (Å²) >= 11 is 0. The number of likely N-dealkylation sites (tertiary alicyclic amines) is 1. The van der Waals surface area contributed by atoms with Crippen molar-refractivity contribution in [3.8, 4) is 0 Å². The first kappa shape index (κ1) is 9.00. The lowest BCUT2D eigenvalue weighted by molar-refractivity contribution is -0.127. The quantitative estimate of drug-likeness (QED) is 0.673. The van der Waals surface area contributed by atoms with Crippen LogP contribution in [0, 0.1) is 11.8 Å². The number of rotatable bonds is 2. The average molecular weight is 182 g/mol. The van der Waals surface area contributed by atoms with Crippen LogP contribution in [-0.2, 0) is 4.79 Å². The fourth-order valence-electron chi connectivity index (χ4n) is 2.49. The first-order valence-electron chi connectivity index (χ1n) is 5.15. The highest BCUT2D eigenvalue weighted by Crippen LogP contribution is 2.41. The second-order valence-electron chi connectivity index (χ2n) is 4.31. The van der Waals surface area contributed by atoms with Crippen molar-refractivity contribution in [2.75, 3.05) is 20.1 Å². The van der Waals surface area contributed by atoms with E-state index in [4.69, 9.17) is 0 Å². The predicted molar refractivity (Wildman–Crippen MR) is 51.3 cm³/mol. The van der Waals surface area contributed by atoms with E-state index in [1.807, 2.05) is 11.9 Å². The van der Waals surface area contributed by atoms with E-state index in [0.717, 1.165) is 31.0 Å². The van der Waals surface area contributed by atoms with Crippen molar-refractivity contribution in [2.24, 2.45) is 11.8 Å². The van der Waals surface area contributed by atoms with Gasteiger partial charge in [-0.1, -0.05) is 0 Å². The van der Waals surface area contributed by atoms with E-state index in [9.17, 15) is 4.79 Å². The second kappa shape index (κ2) is 3.29. The minimum absolute atomic E-state index is 0.240. The van der Waals surface area contributed by atoms with Crippen LogP contribution in [0.1, 0.15) is 19.8 Å². The Morgan fingerprint density at radius 3 is 2.77 bits per heavy atom. The Morgan fingerprint density at radius 1 is 1.54 bits per heavy atom. The molecule has 0 spiro atoms. The molecule has 1 heterocycles. The number of carbonyl (C=O) groups excluding carboxylic acids is 1. The van der Waals surface area contributed by atoms with Crippen LogP contribution in [0.5, 0.6) is 0 Å². The molecular formula is C10H18N2O. The van der Waals surface area contributed by atoms with Crippen molar-refractivity contribution >= 4 is 5.91 Å². The number of nitrogens with zero attached hydrogens (tertiary/aromatic N) is 1. The Balaban J connectivity index is 1.82. The molecule has 1 aliphatic carbocycles. The summed E-state index contributed by atoms with van der Waals surface area (Å²) < 4.78 is 0. The second-order valence-corrected chi connectivity index (χ2v) is 4.31. The van der Waals surface area contributed by atoms with Gasteiger partial charge >= 0.3 is 0 Å². The summed E-state index contributed by atoms with van der Waals surface area (Å²) in [6.45, 7) is 3.65. The van der Waals surface area contributed by atoms with Gasteiger partial charge in [0.2, 0.25) is 5.91 Å². The highest BCUT2D eigenvalue weighted by Gasteiger charge is 2.44. The van der Waals surface area contributed by atoms with Gasteiger partial charge in [0.1, 0.15) is 0 Å². The third kappa shape index (κ3) is 1.70. The highest BCUT2D eigenvalue weighted by molar-refractivity contribution is 5.73. The summed E-state index contributed by atoms with van der Waals surface area (Å²) in [5.41, 5.74) is 0. The monoisotopic (exact) mass is 182 g/mol. The maximum absolute atomic E-state index is 11.1. The molecule has 1 amide bonds. The van der Waals surface area contributed by atoms with E-state index in [-0.39, 0.29) is 5.91 Å². The lowest BCUT2D eigenvalue weighted by Crippen LogP contribution is -2.26. The summed E-state index contributed by atoms with van der Waals surface area (Å²) in [6, 6.07) is 0.733. The molecule has 2 rings (SSSR count). The first-order chi connectivity index (χ1) is 6.22. The average Bonchev–Trinajstić information content (AvgIpc) is 2.73. The number of hydrogen-bond acceptors (Lipinski definition) is 2. The number of hydrogen-bond donors (Lipinski definition) is 1. The molecule has 74 valence electrons.